The van der Waals surface area contributed by atoms with Crippen LogP contribution in [0.3, 0.4) is 0 Å². The first-order chi connectivity index (χ1) is 12.9. The van der Waals surface area contributed by atoms with E-state index in [1.807, 2.05) is 0 Å². The van der Waals surface area contributed by atoms with Gasteiger partial charge in [-0.15, -0.1) is 0 Å². The Kier molecular flexibility index (Phi) is 5.99. The monoisotopic (exact) mass is 374 g/mol. The second-order valence-corrected chi connectivity index (χ2v) is 8.17. The number of benzene rings is 1. The largest absolute Gasteiger partial charge is 0.366 e. The molecule has 2 aliphatic heterocycles. The van der Waals surface area contributed by atoms with Crippen LogP contribution in [-0.4, -0.2) is 48.0 Å². The molecule has 0 spiro atoms. The zero-order valence-corrected chi connectivity index (χ0v) is 16.3. The van der Waals surface area contributed by atoms with Gasteiger partial charge in [-0.05, 0) is 49.7 Å². The van der Waals surface area contributed by atoms with Gasteiger partial charge in [-0.2, -0.15) is 0 Å². The fourth-order valence-electron chi connectivity index (χ4n) is 4.39. The number of hydrogen-bond donors (Lipinski definition) is 1. The molecular weight excluding hydrogens is 344 g/mol. The van der Waals surface area contributed by atoms with Crippen LogP contribution in [0.15, 0.2) is 18.2 Å². The molecule has 2 saturated heterocycles. The van der Waals surface area contributed by atoms with Crippen molar-refractivity contribution in [3.8, 4) is 0 Å². The van der Waals surface area contributed by atoms with Crippen molar-refractivity contribution in [2.24, 2.45) is 17.6 Å². The first-order valence-electron chi connectivity index (χ1n) is 9.95. The Bertz CT molecular complexity index is 708. The highest BCUT2D eigenvalue weighted by molar-refractivity contribution is 5.96. The van der Waals surface area contributed by atoms with Crippen LogP contribution in [-0.2, 0) is 0 Å². The van der Waals surface area contributed by atoms with E-state index in [-0.39, 0.29) is 22.6 Å². The lowest BCUT2D eigenvalue weighted by atomic mass is 9.91. The van der Waals surface area contributed by atoms with Crippen LogP contribution in [0, 0.1) is 22.0 Å². The fourth-order valence-corrected chi connectivity index (χ4v) is 4.39. The van der Waals surface area contributed by atoms with Gasteiger partial charge in [0.15, 0.2) is 0 Å². The fraction of sp³-hybridized carbons (Fsp3) is 0.650. The maximum Gasteiger partial charge on any atom is 0.293 e. The SMILES string of the molecule is CC1CCN(C(=O)c2ccc(N3CCCC(C)C3)c([N+](=O)[O-])c2)C(CN)C1. The number of likely N-dealkylation sites (tertiary alicyclic amines) is 1. The van der Waals surface area contributed by atoms with Gasteiger partial charge in [-0.25, -0.2) is 0 Å². The Balaban J connectivity index is 1.87. The van der Waals surface area contributed by atoms with Gasteiger partial charge < -0.3 is 15.5 Å². The molecule has 7 heteroatoms. The Hall–Kier alpha value is -2.15. The maximum absolute atomic E-state index is 13.0. The summed E-state index contributed by atoms with van der Waals surface area (Å²) in [6.45, 7) is 7.04. The summed E-state index contributed by atoms with van der Waals surface area (Å²) < 4.78 is 0. The van der Waals surface area contributed by atoms with Crippen LogP contribution >= 0.6 is 0 Å². The summed E-state index contributed by atoms with van der Waals surface area (Å²) in [5.41, 5.74) is 6.89. The highest BCUT2D eigenvalue weighted by Crippen LogP contribution is 2.33. The quantitative estimate of drug-likeness (QED) is 0.646. The van der Waals surface area contributed by atoms with E-state index >= 15 is 0 Å². The highest BCUT2D eigenvalue weighted by atomic mass is 16.6. The van der Waals surface area contributed by atoms with Crippen LogP contribution in [0.2, 0.25) is 0 Å². The molecule has 2 aliphatic rings. The van der Waals surface area contributed by atoms with E-state index in [0.717, 1.165) is 38.8 Å². The lowest BCUT2D eigenvalue weighted by Gasteiger charge is -2.38. The minimum Gasteiger partial charge on any atom is -0.366 e. The molecule has 2 fully saturated rings. The number of carbonyl (C=O) groups is 1. The number of nitro benzene ring substituents is 1. The lowest BCUT2D eigenvalue weighted by molar-refractivity contribution is -0.384. The predicted octanol–water partition coefficient (Wildman–Crippen LogP) is 3.03. The van der Waals surface area contributed by atoms with E-state index in [4.69, 9.17) is 5.73 Å². The number of nitrogens with two attached hydrogens (primary N) is 1. The number of amides is 1. The van der Waals surface area contributed by atoms with Gasteiger partial charge in [0, 0.05) is 43.9 Å². The molecule has 27 heavy (non-hydrogen) atoms. The van der Waals surface area contributed by atoms with Gasteiger partial charge >= 0.3 is 0 Å². The second-order valence-electron chi connectivity index (χ2n) is 8.17. The summed E-state index contributed by atoms with van der Waals surface area (Å²) in [6, 6.07) is 4.92. The first kappa shape index (κ1) is 19.6. The van der Waals surface area contributed by atoms with Gasteiger partial charge in [0.1, 0.15) is 5.69 Å². The first-order valence-corrected chi connectivity index (χ1v) is 9.95. The number of hydrogen-bond acceptors (Lipinski definition) is 5. The predicted molar refractivity (Wildman–Crippen MR) is 106 cm³/mol. The summed E-state index contributed by atoms with van der Waals surface area (Å²) in [4.78, 5) is 28.2. The zero-order chi connectivity index (χ0) is 19.6. The van der Waals surface area contributed by atoms with E-state index in [1.54, 1.807) is 17.0 Å². The summed E-state index contributed by atoms with van der Waals surface area (Å²) in [6.07, 6.45) is 4.00. The summed E-state index contributed by atoms with van der Waals surface area (Å²) >= 11 is 0. The molecule has 7 nitrogen and oxygen atoms in total. The van der Waals surface area contributed by atoms with Crippen LogP contribution < -0.4 is 10.6 Å². The maximum atomic E-state index is 13.0. The Labute approximate surface area is 160 Å². The van der Waals surface area contributed by atoms with Crippen molar-refractivity contribution in [1.29, 1.82) is 0 Å². The number of piperidine rings is 2. The minimum absolute atomic E-state index is 0.00271. The summed E-state index contributed by atoms with van der Waals surface area (Å²) in [5, 5.41) is 11.7. The minimum atomic E-state index is -0.371. The number of anilines is 1. The molecule has 2 N–H and O–H groups in total. The van der Waals surface area contributed by atoms with Crippen molar-refractivity contribution in [3.63, 3.8) is 0 Å². The third-order valence-corrected chi connectivity index (χ3v) is 5.93. The standard InChI is InChI=1S/C20H30N4O3/c1-14-7-9-23(17(10-14)12-21)20(25)16-5-6-18(19(11-16)24(26)27)22-8-3-4-15(2)13-22/h5-6,11,14-15,17H,3-4,7-10,12-13,21H2,1-2H3. The van der Waals surface area contributed by atoms with Crippen LogP contribution in [0.5, 0.6) is 0 Å². The smallest absolute Gasteiger partial charge is 0.293 e. The van der Waals surface area contributed by atoms with Crippen molar-refractivity contribution in [3.05, 3.63) is 33.9 Å². The van der Waals surface area contributed by atoms with E-state index in [1.165, 1.54) is 6.07 Å². The van der Waals surface area contributed by atoms with Crippen molar-refractivity contribution in [2.75, 3.05) is 31.1 Å². The van der Waals surface area contributed by atoms with Gasteiger partial charge in [-0.1, -0.05) is 13.8 Å². The summed E-state index contributed by atoms with van der Waals surface area (Å²) in [5.74, 6) is 0.903. The molecule has 0 radical (unpaired) electrons. The van der Waals surface area contributed by atoms with Crippen LogP contribution in [0.25, 0.3) is 0 Å². The van der Waals surface area contributed by atoms with Gasteiger partial charge in [0.2, 0.25) is 0 Å². The van der Waals surface area contributed by atoms with E-state index < -0.39 is 0 Å². The van der Waals surface area contributed by atoms with E-state index in [2.05, 4.69) is 18.7 Å². The topological polar surface area (TPSA) is 92.7 Å². The second kappa shape index (κ2) is 8.25. The molecule has 3 unspecified atom stereocenters. The Morgan fingerprint density at radius 2 is 2.04 bits per heavy atom. The molecule has 1 aromatic carbocycles. The molecule has 0 aliphatic carbocycles. The highest BCUT2D eigenvalue weighted by Gasteiger charge is 2.31. The molecule has 148 valence electrons. The van der Waals surface area contributed by atoms with Gasteiger partial charge in [0.05, 0.1) is 4.92 Å². The molecule has 0 aromatic heterocycles. The number of nitro groups is 1. The zero-order valence-electron chi connectivity index (χ0n) is 16.3. The van der Waals surface area contributed by atoms with E-state index in [9.17, 15) is 14.9 Å². The number of carbonyl (C=O) groups excluding carboxylic acids is 1. The normalized spacial score (nSPS) is 26.1. The number of rotatable bonds is 4. The van der Waals surface area contributed by atoms with Gasteiger partial charge in [0.25, 0.3) is 11.6 Å². The average molecular weight is 374 g/mol. The molecule has 1 aromatic rings. The molecule has 0 saturated carbocycles. The van der Waals surface area contributed by atoms with Crippen LogP contribution in [0.4, 0.5) is 11.4 Å². The van der Waals surface area contributed by atoms with Crippen molar-refractivity contribution >= 4 is 17.3 Å². The number of nitrogens with zero attached hydrogens (tertiary/aromatic N) is 3. The van der Waals surface area contributed by atoms with Gasteiger partial charge in [-0.3, -0.25) is 14.9 Å². The molecule has 3 atom stereocenters. The van der Waals surface area contributed by atoms with E-state index in [0.29, 0.717) is 36.2 Å². The van der Waals surface area contributed by atoms with Crippen molar-refractivity contribution in [2.45, 2.75) is 45.6 Å². The third-order valence-electron chi connectivity index (χ3n) is 5.93. The molecule has 1 amide bonds. The summed E-state index contributed by atoms with van der Waals surface area (Å²) in [7, 11) is 0. The molecule has 2 heterocycles. The average Bonchev–Trinajstić information content (AvgIpc) is 2.66. The van der Waals surface area contributed by atoms with Crippen molar-refractivity contribution < 1.29 is 9.72 Å². The van der Waals surface area contributed by atoms with Crippen LogP contribution in [0.1, 0.15) is 49.9 Å². The van der Waals surface area contributed by atoms with Crippen molar-refractivity contribution in [1.82, 2.24) is 4.90 Å². The molecular formula is C20H30N4O3. The lowest BCUT2D eigenvalue weighted by Crippen LogP contribution is -2.49. The Morgan fingerprint density at radius 1 is 1.26 bits per heavy atom. The molecule has 0 bridgehead atoms. The Morgan fingerprint density at radius 3 is 2.70 bits per heavy atom. The molecule has 3 rings (SSSR count). The third kappa shape index (κ3) is 4.24.